The minimum atomic E-state index is -4.91. The molecular formula is C26H17ClF6N4O2. The molecule has 6 nitrogen and oxygen atoms in total. The first-order chi connectivity index (χ1) is 18.4. The van der Waals surface area contributed by atoms with Gasteiger partial charge in [0, 0.05) is 51.9 Å². The summed E-state index contributed by atoms with van der Waals surface area (Å²) in [4.78, 5) is 26.3. The number of carbonyl (C=O) groups is 2. The summed E-state index contributed by atoms with van der Waals surface area (Å²) >= 11 is 6.30. The number of amides is 2. The Kier molecular flexibility index (Phi) is 6.53. The Balaban J connectivity index is 1.72. The number of hydrogen-bond donors (Lipinski definition) is 2. The van der Waals surface area contributed by atoms with Crippen LogP contribution >= 0.6 is 11.6 Å². The van der Waals surface area contributed by atoms with Gasteiger partial charge in [-0.2, -0.15) is 18.3 Å². The average molecular weight is 567 g/mol. The monoisotopic (exact) mass is 566 g/mol. The van der Waals surface area contributed by atoms with E-state index in [0.717, 1.165) is 12.1 Å². The van der Waals surface area contributed by atoms with Crippen molar-refractivity contribution < 1.29 is 35.9 Å². The summed E-state index contributed by atoms with van der Waals surface area (Å²) < 4.78 is 82.6. The van der Waals surface area contributed by atoms with Crippen LogP contribution in [0, 0.1) is 11.6 Å². The van der Waals surface area contributed by atoms with Crippen molar-refractivity contribution in [2.45, 2.75) is 18.6 Å². The van der Waals surface area contributed by atoms with E-state index in [1.807, 2.05) is 0 Å². The van der Waals surface area contributed by atoms with Crippen LogP contribution in [0.15, 0.2) is 42.5 Å². The third-order valence-corrected chi connectivity index (χ3v) is 6.76. The first kappa shape index (κ1) is 26.5. The van der Waals surface area contributed by atoms with Crippen molar-refractivity contribution >= 4 is 40.0 Å². The van der Waals surface area contributed by atoms with Crippen LogP contribution in [0.5, 0.6) is 0 Å². The van der Waals surface area contributed by atoms with E-state index in [0.29, 0.717) is 23.2 Å². The average Bonchev–Trinajstić information content (AvgIpc) is 3.36. The molecule has 1 aliphatic rings. The molecule has 1 aliphatic heterocycles. The molecular weight excluding hydrogens is 550 g/mol. The van der Waals surface area contributed by atoms with E-state index in [1.165, 1.54) is 23.9 Å². The lowest BCUT2D eigenvalue weighted by Gasteiger charge is -2.18. The highest BCUT2D eigenvalue weighted by Gasteiger charge is 2.38. The fraction of sp³-hybridized carbons (Fsp3) is 0.192. The van der Waals surface area contributed by atoms with E-state index in [-0.39, 0.29) is 45.4 Å². The zero-order valence-corrected chi connectivity index (χ0v) is 20.6. The normalized spacial score (nSPS) is 15.0. The molecule has 5 rings (SSSR count). The topological polar surface area (TPSA) is 76.0 Å². The SMILES string of the molecule is Cn1nc2c3c(c(NC(=O)c4cc(F)cc(C(F)(F)F)c4)cc2c1CCF)C(c1cc(F)ccc1Cl)NC3=O. The summed E-state index contributed by atoms with van der Waals surface area (Å²) in [7, 11) is 1.54. The highest BCUT2D eigenvalue weighted by Crippen LogP contribution is 2.43. The zero-order valence-electron chi connectivity index (χ0n) is 19.9. The van der Waals surface area contributed by atoms with Gasteiger partial charge in [-0.05, 0) is 42.5 Å². The summed E-state index contributed by atoms with van der Waals surface area (Å²) in [6.45, 7) is -0.759. The van der Waals surface area contributed by atoms with Crippen molar-refractivity contribution in [2.24, 2.45) is 7.05 Å². The van der Waals surface area contributed by atoms with Crippen molar-refractivity contribution in [2.75, 3.05) is 12.0 Å². The lowest BCUT2D eigenvalue weighted by Crippen LogP contribution is -2.21. The fourth-order valence-corrected chi connectivity index (χ4v) is 4.96. The van der Waals surface area contributed by atoms with Gasteiger partial charge in [-0.3, -0.25) is 18.7 Å². The summed E-state index contributed by atoms with van der Waals surface area (Å²) in [6.07, 6.45) is -5.00. The molecule has 13 heteroatoms. The van der Waals surface area contributed by atoms with Gasteiger partial charge in [0.15, 0.2) is 0 Å². The Morgan fingerprint density at radius 2 is 1.87 bits per heavy atom. The molecule has 0 radical (unpaired) electrons. The van der Waals surface area contributed by atoms with Crippen LogP contribution in [-0.2, 0) is 19.6 Å². The Morgan fingerprint density at radius 3 is 2.56 bits per heavy atom. The highest BCUT2D eigenvalue weighted by atomic mass is 35.5. The summed E-state index contributed by atoms with van der Waals surface area (Å²) in [5.74, 6) is -3.70. The quantitative estimate of drug-likeness (QED) is 0.286. The number of fused-ring (bicyclic) bond motifs is 3. The molecule has 0 aliphatic carbocycles. The maximum Gasteiger partial charge on any atom is 0.416 e. The minimum absolute atomic E-state index is 0.0101. The van der Waals surface area contributed by atoms with Crippen LogP contribution in [0.1, 0.15) is 49.1 Å². The Bertz CT molecular complexity index is 1670. The van der Waals surface area contributed by atoms with Gasteiger partial charge >= 0.3 is 6.18 Å². The number of hydrogen-bond acceptors (Lipinski definition) is 3. The highest BCUT2D eigenvalue weighted by molar-refractivity contribution is 6.31. The predicted octanol–water partition coefficient (Wildman–Crippen LogP) is 6.12. The molecule has 0 saturated carbocycles. The molecule has 4 aromatic rings. The van der Waals surface area contributed by atoms with Gasteiger partial charge in [0.2, 0.25) is 0 Å². The first-order valence-electron chi connectivity index (χ1n) is 11.4. The number of anilines is 1. The maximum atomic E-state index is 14.2. The largest absolute Gasteiger partial charge is 0.416 e. The minimum Gasteiger partial charge on any atom is -0.341 e. The number of benzene rings is 3. The van der Waals surface area contributed by atoms with Gasteiger partial charge in [0.1, 0.15) is 17.2 Å². The molecule has 0 saturated heterocycles. The number of aryl methyl sites for hydroxylation is 2. The van der Waals surface area contributed by atoms with Crippen LogP contribution < -0.4 is 10.6 Å². The van der Waals surface area contributed by atoms with Crippen LogP contribution in [0.3, 0.4) is 0 Å². The lowest BCUT2D eigenvalue weighted by molar-refractivity contribution is -0.137. The third-order valence-electron chi connectivity index (χ3n) is 6.42. The maximum absolute atomic E-state index is 14.2. The van der Waals surface area contributed by atoms with E-state index in [1.54, 1.807) is 0 Å². The van der Waals surface area contributed by atoms with E-state index in [2.05, 4.69) is 15.7 Å². The van der Waals surface area contributed by atoms with E-state index in [9.17, 15) is 35.9 Å². The van der Waals surface area contributed by atoms with Crippen LogP contribution in [0.25, 0.3) is 10.9 Å². The second-order valence-electron chi connectivity index (χ2n) is 8.87. The van der Waals surface area contributed by atoms with Crippen LogP contribution in [0.2, 0.25) is 5.02 Å². The molecule has 0 fully saturated rings. The molecule has 1 atom stereocenters. The smallest absolute Gasteiger partial charge is 0.341 e. The molecule has 0 spiro atoms. The van der Waals surface area contributed by atoms with E-state index >= 15 is 0 Å². The molecule has 2 amide bonds. The first-order valence-corrected chi connectivity index (χ1v) is 11.8. The van der Waals surface area contributed by atoms with Gasteiger partial charge in [-0.15, -0.1) is 0 Å². The summed E-state index contributed by atoms with van der Waals surface area (Å²) in [5, 5.41) is 9.87. The van der Waals surface area contributed by atoms with Gasteiger partial charge < -0.3 is 10.6 Å². The Morgan fingerprint density at radius 1 is 1.13 bits per heavy atom. The molecule has 0 bridgehead atoms. The lowest BCUT2D eigenvalue weighted by atomic mass is 9.93. The van der Waals surface area contributed by atoms with E-state index < -0.39 is 53.5 Å². The van der Waals surface area contributed by atoms with E-state index in [4.69, 9.17) is 11.6 Å². The number of nitrogens with one attached hydrogen (secondary N) is 2. The Hall–Kier alpha value is -4.06. The second kappa shape index (κ2) is 9.60. The summed E-state index contributed by atoms with van der Waals surface area (Å²) in [6, 6.07) is 5.16. The number of halogens is 7. The Labute approximate surface area is 221 Å². The van der Waals surface area contributed by atoms with Crippen molar-refractivity contribution in [1.29, 1.82) is 0 Å². The molecule has 202 valence electrons. The number of alkyl halides is 4. The van der Waals surface area contributed by atoms with Crippen molar-refractivity contribution in [1.82, 2.24) is 15.1 Å². The predicted molar refractivity (Wildman–Crippen MR) is 130 cm³/mol. The summed E-state index contributed by atoms with van der Waals surface area (Å²) in [5.41, 5.74) is -1.26. The van der Waals surface area contributed by atoms with Gasteiger partial charge in [-0.1, -0.05) is 11.6 Å². The second-order valence-corrected chi connectivity index (χ2v) is 9.28. The van der Waals surface area contributed by atoms with Gasteiger partial charge in [0.05, 0.1) is 23.8 Å². The number of nitrogens with zero attached hydrogens (tertiary/aromatic N) is 2. The van der Waals surface area contributed by atoms with Crippen molar-refractivity contribution in [3.05, 3.63) is 92.6 Å². The molecule has 2 N–H and O–H groups in total. The molecule has 1 unspecified atom stereocenters. The van der Waals surface area contributed by atoms with Crippen molar-refractivity contribution in [3.63, 3.8) is 0 Å². The third kappa shape index (κ3) is 4.69. The molecule has 1 aromatic heterocycles. The standard InChI is InChI=1S/C26H17ClF6N4O2/c1-37-19(4-5-28)16-10-18(34-24(38)11-6-12(26(31,32)33)8-14(30)7-11)20-21(23(16)36-37)25(39)35-22(20)15-9-13(29)2-3-17(15)27/h2-3,6-10,22H,4-5H2,1H3,(H,34,38)(H,35,39). The number of rotatable bonds is 5. The molecule has 39 heavy (non-hydrogen) atoms. The van der Waals surface area contributed by atoms with Gasteiger partial charge in [0.25, 0.3) is 11.8 Å². The number of aromatic nitrogens is 2. The molecule has 3 aromatic carbocycles. The fourth-order valence-electron chi connectivity index (χ4n) is 4.74. The van der Waals surface area contributed by atoms with Crippen molar-refractivity contribution in [3.8, 4) is 0 Å². The molecule has 2 heterocycles. The number of carbonyl (C=O) groups excluding carboxylic acids is 2. The zero-order chi connectivity index (χ0) is 28.2. The van der Waals surface area contributed by atoms with Gasteiger partial charge in [-0.25, -0.2) is 8.78 Å². The van der Waals surface area contributed by atoms with Crippen LogP contribution in [-0.4, -0.2) is 28.3 Å². The van der Waals surface area contributed by atoms with Crippen LogP contribution in [0.4, 0.5) is 32.0 Å².